The van der Waals surface area contributed by atoms with Gasteiger partial charge in [-0.15, -0.1) is 0 Å². The third-order valence-electron chi connectivity index (χ3n) is 3.78. The molecule has 0 atom stereocenters. The third kappa shape index (κ3) is 2.81. The standard InChI is InChI=1S/C14H16ClFN4O/c15-10-7-12-11(9-17-18-12)13(8-10)19-3-5-20(6-4-19)14(21)1-2-16/h7-9H,1-6H2,(H,17,18). The number of rotatable bonds is 3. The number of hydrogen-bond donors (Lipinski definition) is 1. The molecule has 1 fully saturated rings. The molecule has 0 bridgehead atoms. The molecular weight excluding hydrogens is 295 g/mol. The molecule has 0 aliphatic carbocycles. The molecule has 0 unspecified atom stereocenters. The van der Waals surface area contributed by atoms with E-state index in [1.54, 1.807) is 11.1 Å². The number of benzene rings is 1. The molecule has 112 valence electrons. The summed E-state index contributed by atoms with van der Waals surface area (Å²) < 4.78 is 12.2. The molecule has 1 N–H and O–H groups in total. The van der Waals surface area contributed by atoms with Crippen molar-refractivity contribution in [3.8, 4) is 0 Å². The first-order valence-electron chi connectivity index (χ1n) is 6.90. The second-order valence-electron chi connectivity index (χ2n) is 5.06. The van der Waals surface area contributed by atoms with Crippen molar-refractivity contribution in [3.05, 3.63) is 23.4 Å². The number of piperazine rings is 1. The van der Waals surface area contributed by atoms with E-state index in [4.69, 9.17) is 11.6 Å². The minimum Gasteiger partial charge on any atom is -0.367 e. The molecule has 2 aromatic rings. The molecular formula is C14H16ClFN4O. The van der Waals surface area contributed by atoms with E-state index < -0.39 is 6.67 Å². The monoisotopic (exact) mass is 310 g/mol. The predicted molar refractivity (Wildman–Crippen MR) is 80.5 cm³/mol. The van der Waals surface area contributed by atoms with Crippen molar-refractivity contribution < 1.29 is 9.18 Å². The van der Waals surface area contributed by atoms with Gasteiger partial charge in [-0.3, -0.25) is 14.3 Å². The fourth-order valence-electron chi connectivity index (χ4n) is 2.70. The van der Waals surface area contributed by atoms with E-state index in [2.05, 4.69) is 15.1 Å². The van der Waals surface area contributed by atoms with Gasteiger partial charge in [-0.25, -0.2) is 0 Å². The summed E-state index contributed by atoms with van der Waals surface area (Å²) in [6.45, 7) is 2.02. The summed E-state index contributed by atoms with van der Waals surface area (Å²) in [5, 5.41) is 8.63. The number of amides is 1. The van der Waals surface area contributed by atoms with Crippen LogP contribution in [0.15, 0.2) is 18.3 Å². The van der Waals surface area contributed by atoms with Crippen molar-refractivity contribution in [2.24, 2.45) is 0 Å². The predicted octanol–water partition coefficient (Wildman–Crippen LogP) is 2.22. The van der Waals surface area contributed by atoms with Gasteiger partial charge >= 0.3 is 0 Å². The highest BCUT2D eigenvalue weighted by Crippen LogP contribution is 2.30. The number of carbonyl (C=O) groups excluding carboxylic acids is 1. The van der Waals surface area contributed by atoms with Crippen molar-refractivity contribution in [2.45, 2.75) is 6.42 Å². The van der Waals surface area contributed by atoms with Crippen LogP contribution in [0.5, 0.6) is 0 Å². The number of H-pyrrole nitrogens is 1. The fraction of sp³-hybridized carbons (Fsp3) is 0.429. The highest BCUT2D eigenvalue weighted by atomic mass is 35.5. The van der Waals surface area contributed by atoms with Gasteiger partial charge < -0.3 is 9.80 Å². The first-order chi connectivity index (χ1) is 10.2. The molecule has 0 radical (unpaired) electrons. The van der Waals surface area contributed by atoms with Crippen LogP contribution in [-0.2, 0) is 4.79 Å². The van der Waals surface area contributed by atoms with E-state index in [0.717, 1.165) is 16.6 Å². The Hall–Kier alpha value is -1.82. The van der Waals surface area contributed by atoms with E-state index in [1.165, 1.54) is 0 Å². The second kappa shape index (κ2) is 5.89. The number of carbonyl (C=O) groups is 1. The summed E-state index contributed by atoms with van der Waals surface area (Å²) in [4.78, 5) is 15.6. The average molecular weight is 311 g/mol. The topological polar surface area (TPSA) is 52.2 Å². The highest BCUT2D eigenvalue weighted by molar-refractivity contribution is 6.31. The van der Waals surface area contributed by atoms with Gasteiger partial charge in [-0.05, 0) is 12.1 Å². The second-order valence-corrected chi connectivity index (χ2v) is 5.50. The Kier molecular flexibility index (Phi) is 3.96. The first kappa shape index (κ1) is 14.1. The third-order valence-corrected chi connectivity index (χ3v) is 4.00. The van der Waals surface area contributed by atoms with Crippen LogP contribution in [-0.4, -0.2) is 53.9 Å². The van der Waals surface area contributed by atoms with Crippen LogP contribution < -0.4 is 4.90 Å². The summed E-state index contributed by atoms with van der Waals surface area (Å²) in [6, 6.07) is 3.76. The Bertz CT molecular complexity index is 651. The number of halogens is 2. The normalized spacial score (nSPS) is 15.7. The van der Waals surface area contributed by atoms with Crippen molar-refractivity contribution in [1.29, 1.82) is 0 Å². The number of hydrogen-bond acceptors (Lipinski definition) is 3. The number of alkyl halides is 1. The van der Waals surface area contributed by atoms with Crippen LogP contribution in [0.4, 0.5) is 10.1 Å². The average Bonchev–Trinajstić information content (AvgIpc) is 2.95. The van der Waals surface area contributed by atoms with E-state index in [9.17, 15) is 9.18 Å². The van der Waals surface area contributed by atoms with Gasteiger partial charge in [-0.2, -0.15) is 5.10 Å². The van der Waals surface area contributed by atoms with Gasteiger partial charge in [0.15, 0.2) is 0 Å². The molecule has 1 amide bonds. The van der Waals surface area contributed by atoms with Crippen LogP contribution in [0.3, 0.4) is 0 Å². The van der Waals surface area contributed by atoms with Gasteiger partial charge in [0.25, 0.3) is 0 Å². The fourth-order valence-corrected chi connectivity index (χ4v) is 2.91. The number of aromatic nitrogens is 2. The Morgan fingerprint density at radius 3 is 2.81 bits per heavy atom. The van der Waals surface area contributed by atoms with E-state index in [1.807, 2.05) is 12.1 Å². The summed E-state index contributed by atoms with van der Waals surface area (Å²) in [5.74, 6) is -0.114. The first-order valence-corrected chi connectivity index (χ1v) is 7.28. The maximum atomic E-state index is 12.2. The van der Waals surface area contributed by atoms with Gasteiger partial charge in [0.2, 0.25) is 5.91 Å². The molecule has 3 rings (SSSR count). The summed E-state index contributed by atoms with van der Waals surface area (Å²) >= 11 is 6.14. The SMILES string of the molecule is O=C(CCF)N1CCN(c2cc(Cl)cc3[nH]ncc23)CC1. The van der Waals surface area contributed by atoms with Crippen molar-refractivity contribution in [1.82, 2.24) is 15.1 Å². The molecule has 2 heterocycles. The minimum atomic E-state index is -0.594. The molecule has 0 saturated carbocycles. The highest BCUT2D eigenvalue weighted by Gasteiger charge is 2.22. The maximum absolute atomic E-state index is 12.2. The van der Waals surface area contributed by atoms with E-state index >= 15 is 0 Å². The molecule has 21 heavy (non-hydrogen) atoms. The van der Waals surface area contributed by atoms with Crippen molar-refractivity contribution in [3.63, 3.8) is 0 Å². The lowest BCUT2D eigenvalue weighted by molar-refractivity contribution is -0.131. The number of anilines is 1. The quantitative estimate of drug-likeness (QED) is 0.946. The zero-order chi connectivity index (χ0) is 14.8. The largest absolute Gasteiger partial charge is 0.367 e. The van der Waals surface area contributed by atoms with Gasteiger partial charge in [0.1, 0.15) is 0 Å². The van der Waals surface area contributed by atoms with E-state index in [-0.39, 0.29) is 12.3 Å². The number of aromatic amines is 1. The Balaban J connectivity index is 1.77. The molecule has 1 aromatic heterocycles. The Morgan fingerprint density at radius 1 is 1.33 bits per heavy atom. The number of nitrogens with one attached hydrogen (secondary N) is 1. The number of fused-ring (bicyclic) bond motifs is 1. The molecule has 1 aliphatic heterocycles. The molecule has 1 aliphatic rings. The molecule has 0 spiro atoms. The summed E-state index contributed by atoms with van der Waals surface area (Å²) in [6.07, 6.45) is 1.75. The molecule has 1 saturated heterocycles. The lowest BCUT2D eigenvalue weighted by Gasteiger charge is -2.36. The zero-order valence-electron chi connectivity index (χ0n) is 11.5. The molecule has 7 heteroatoms. The number of nitrogens with zero attached hydrogens (tertiary/aromatic N) is 3. The van der Waals surface area contributed by atoms with Crippen LogP contribution in [0.2, 0.25) is 5.02 Å². The Morgan fingerprint density at radius 2 is 2.10 bits per heavy atom. The maximum Gasteiger partial charge on any atom is 0.225 e. The van der Waals surface area contributed by atoms with Gasteiger partial charge in [0, 0.05) is 42.3 Å². The summed E-state index contributed by atoms with van der Waals surface area (Å²) in [5.41, 5.74) is 1.91. The van der Waals surface area contributed by atoms with Crippen LogP contribution in [0, 0.1) is 0 Å². The zero-order valence-corrected chi connectivity index (χ0v) is 12.2. The molecule has 1 aromatic carbocycles. The van der Waals surface area contributed by atoms with Crippen LogP contribution >= 0.6 is 11.6 Å². The lowest BCUT2D eigenvalue weighted by atomic mass is 10.1. The molecule has 5 nitrogen and oxygen atoms in total. The Labute approximate surface area is 126 Å². The lowest BCUT2D eigenvalue weighted by Crippen LogP contribution is -2.48. The van der Waals surface area contributed by atoms with Crippen LogP contribution in [0.1, 0.15) is 6.42 Å². The van der Waals surface area contributed by atoms with E-state index in [0.29, 0.717) is 31.2 Å². The van der Waals surface area contributed by atoms with Gasteiger partial charge in [-0.1, -0.05) is 11.6 Å². The van der Waals surface area contributed by atoms with Crippen molar-refractivity contribution in [2.75, 3.05) is 37.8 Å². The van der Waals surface area contributed by atoms with Gasteiger partial charge in [0.05, 0.1) is 24.8 Å². The summed E-state index contributed by atoms with van der Waals surface area (Å²) in [7, 11) is 0. The smallest absolute Gasteiger partial charge is 0.225 e. The van der Waals surface area contributed by atoms with Crippen LogP contribution in [0.25, 0.3) is 10.9 Å². The van der Waals surface area contributed by atoms with Crippen molar-refractivity contribution >= 4 is 34.1 Å². The minimum absolute atomic E-state index is 0.0247.